The van der Waals surface area contributed by atoms with E-state index in [9.17, 15) is 9.59 Å². The van der Waals surface area contributed by atoms with Crippen LogP contribution in [-0.2, 0) is 17.8 Å². The molecule has 1 N–H and O–H groups in total. The maximum absolute atomic E-state index is 12.5. The predicted octanol–water partition coefficient (Wildman–Crippen LogP) is 5.22. The maximum Gasteiger partial charge on any atom is 0.323 e. The number of carboxylic acid groups (broad SMARTS) is 1. The van der Waals surface area contributed by atoms with Crippen LogP contribution in [0.4, 0.5) is 5.13 Å². The van der Waals surface area contributed by atoms with Crippen LogP contribution >= 0.6 is 11.3 Å². The van der Waals surface area contributed by atoms with Crippen LogP contribution in [0.2, 0.25) is 0 Å². The second-order valence-corrected chi connectivity index (χ2v) is 9.46. The van der Waals surface area contributed by atoms with Crippen molar-refractivity contribution >= 4 is 28.3 Å². The number of carbonyl (C=O) groups is 2. The van der Waals surface area contributed by atoms with E-state index in [4.69, 9.17) is 14.8 Å². The summed E-state index contributed by atoms with van der Waals surface area (Å²) in [7, 11) is 3.14. The van der Waals surface area contributed by atoms with Gasteiger partial charge in [0.2, 0.25) is 0 Å². The number of methoxy groups -OCH3 is 1. The first-order chi connectivity index (χ1) is 17.9. The number of para-hydroxylation sites is 1. The maximum atomic E-state index is 12.5. The molecule has 0 fully saturated rings. The van der Waals surface area contributed by atoms with Crippen LogP contribution in [0, 0.1) is 0 Å². The van der Waals surface area contributed by atoms with Crippen LogP contribution in [-0.4, -0.2) is 54.1 Å². The van der Waals surface area contributed by atoms with E-state index >= 15 is 0 Å². The van der Waals surface area contributed by atoms with E-state index in [1.54, 1.807) is 30.6 Å². The van der Waals surface area contributed by atoms with Crippen molar-refractivity contribution in [3.05, 3.63) is 101 Å². The van der Waals surface area contributed by atoms with Gasteiger partial charge in [0, 0.05) is 36.6 Å². The number of rotatable bonds is 11. The number of likely N-dealkylation sites (N-methyl/N-ethyl adjacent to an activating group) is 1. The number of aliphatic carboxylic acids is 1. The van der Waals surface area contributed by atoms with Crippen LogP contribution in [0.5, 0.6) is 5.75 Å². The zero-order chi connectivity index (χ0) is 26.2. The van der Waals surface area contributed by atoms with Crippen molar-refractivity contribution in [1.29, 1.82) is 0 Å². The number of thiazole rings is 1. The lowest BCUT2D eigenvalue weighted by atomic mass is 10.1. The van der Waals surface area contributed by atoms with Crippen molar-refractivity contribution in [2.45, 2.75) is 13.0 Å². The number of hydrogen-bond acceptors (Lipinski definition) is 6. The van der Waals surface area contributed by atoms with E-state index in [0.29, 0.717) is 12.1 Å². The lowest BCUT2D eigenvalue weighted by Crippen LogP contribution is -2.31. The van der Waals surface area contributed by atoms with Crippen molar-refractivity contribution in [2.75, 3.05) is 32.1 Å². The number of nitrogens with zero attached hydrogens (tertiary/aromatic N) is 3. The molecular weight excluding hydrogens is 486 g/mol. The van der Waals surface area contributed by atoms with Crippen molar-refractivity contribution in [3.8, 4) is 17.0 Å². The highest BCUT2D eigenvalue weighted by molar-refractivity contribution is 7.14. The summed E-state index contributed by atoms with van der Waals surface area (Å²) >= 11 is 1.59. The molecule has 7 nitrogen and oxygen atoms in total. The highest BCUT2D eigenvalue weighted by Crippen LogP contribution is 2.33. The fourth-order valence-electron chi connectivity index (χ4n) is 4.01. The summed E-state index contributed by atoms with van der Waals surface area (Å²) in [5.74, 6) is -0.586. The Labute approximate surface area is 220 Å². The van der Waals surface area contributed by atoms with Gasteiger partial charge in [0.1, 0.15) is 12.3 Å². The monoisotopic (exact) mass is 515 g/mol. The first-order valence-electron chi connectivity index (χ1n) is 11.9. The molecule has 0 aliphatic carbocycles. The largest absolute Gasteiger partial charge is 0.496 e. The fraction of sp³-hybridized carbons (Fsp3) is 0.207. The number of carboxylic acids is 1. The van der Waals surface area contributed by atoms with Gasteiger partial charge in [-0.15, -0.1) is 11.3 Å². The van der Waals surface area contributed by atoms with Gasteiger partial charge in [-0.3, -0.25) is 9.59 Å². The molecule has 0 aliphatic heterocycles. The zero-order valence-corrected chi connectivity index (χ0v) is 21.6. The van der Waals surface area contributed by atoms with Crippen LogP contribution in [0.15, 0.2) is 84.2 Å². The van der Waals surface area contributed by atoms with E-state index in [0.717, 1.165) is 40.7 Å². The Bertz CT molecular complexity index is 1340. The molecule has 8 heteroatoms. The van der Waals surface area contributed by atoms with Crippen LogP contribution < -0.4 is 9.64 Å². The number of benzene rings is 3. The number of amides is 1. The average molecular weight is 516 g/mol. The van der Waals surface area contributed by atoms with Crippen molar-refractivity contribution in [3.63, 3.8) is 0 Å². The highest BCUT2D eigenvalue weighted by Gasteiger charge is 2.17. The Hall–Kier alpha value is -4.17. The molecule has 0 radical (unpaired) electrons. The molecule has 0 aliphatic rings. The first-order valence-corrected chi connectivity index (χ1v) is 12.8. The third-order valence-corrected chi connectivity index (χ3v) is 6.85. The Morgan fingerprint density at radius 2 is 1.65 bits per heavy atom. The highest BCUT2D eigenvalue weighted by atomic mass is 32.1. The summed E-state index contributed by atoms with van der Waals surface area (Å²) in [5.41, 5.74) is 4.54. The molecule has 0 bridgehead atoms. The van der Waals surface area contributed by atoms with Gasteiger partial charge in [-0.1, -0.05) is 54.6 Å². The molecule has 0 unspecified atom stereocenters. The molecule has 4 aromatic rings. The van der Waals surface area contributed by atoms with Gasteiger partial charge < -0.3 is 19.6 Å². The zero-order valence-electron chi connectivity index (χ0n) is 20.8. The van der Waals surface area contributed by atoms with Gasteiger partial charge in [-0.25, -0.2) is 4.98 Å². The quantitative estimate of drug-likeness (QED) is 0.295. The standard InChI is InChI=1S/C29H29N3O4S/c1-31(19-27(33)34)28(35)23-14-12-22(13-15-23)18-32(17-16-21-8-4-3-5-9-21)29-30-25(20-37-29)24-10-6-7-11-26(24)36-2/h3-15,20H,16-19H2,1-2H3,(H,33,34). The Kier molecular flexibility index (Phi) is 8.53. The minimum atomic E-state index is -1.04. The summed E-state index contributed by atoms with van der Waals surface area (Å²) in [5, 5.41) is 11.9. The molecule has 1 amide bonds. The van der Waals surface area contributed by atoms with E-state index in [1.807, 2.05) is 60.0 Å². The van der Waals surface area contributed by atoms with Gasteiger partial charge in [0.15, 0.2) is 5.13 Å². The summed E-state index contributed by atoms with van der Waals surface area (Å²) in [6, 6.07) is 25.5. The number of aromatic nitrogens is 1. The predicted molar refractivity (Wildman–Crippen MR) is 146 cm³/mol. The smallest absolute Gasteiger partial charge is 0.323 e. The molecule has 0 spiro atoms. The summed E-state index contributed by atoms with van der Waals surface area (Å²) in [4.78, 5) is 31.8. The van der Waals surface area contributed by atoms with Gasteiger partial charge in [0.05, 0.1) is 12.8 Å². The molecule has 0 saturated heterocycles. The molecule has 37 heavy (non-hydrogen) atoms. The van der Waals surface area contributed by atoms with E-state index in [-0.39, 0.29) is 12.5 Å². The lowest BCUT2D eigenvalue weighted by Gasteiger charge is -2.22. The summed E-state index contributed by atoms with van der Waals surface area (Å²) in [6.07, 6.45) is 0.862. The van der Waals surface area contributed by atoms with Crippen molar-refractivity contribution in [2.24, 2.45) is 0 Å². The third kappa shape index (κ3) is 6.74. The van der Waals surface area contributed by atoms with Crippen LogP contribution in [0.3, 0.4) is 0 Å². The topological polar surface area (TPSA) is 83.0 Å². The average Bonchev–Trinajstić information content (AvgIpc) is 3.41. The Balaban J connectivity index is 1.55. The van der Waals surface area contributed by atoms with Crippen LogP contribution in [0.1, 0.15) is 21.5 Å². The molecule has 0 saturated carbocycles. The van der Waals surface area contributed by atoms with E-state index in [1.165, 1.54) is 17.5 Å². The Morgan fingerprint density at radius 1 is 0.946 bits per heavy atom. The molecule has 190 valence electrons. The Morgan fingerprint density at radius 3 is 2.35 bits per heavy atom. The third-order valence-electron chi connectivity index (χ3n) is 5.95. The molecule has 1 heterocycles. The number of anilines is 1. The normalized spacial score (nSPS) is 10.6. The summed E-state index contributed by atoms with van der Waals surface area (Å²) < 4.78 is 5.53. The number of carbonyl (C=O) groups excluding carboxylic acids is 1. The molecule has 4 rings (SSSR count). The number of ether oxygens (including phenoxy) is 1. The molecule has 0 atom stereocenters. The number of hydrogen-bond donors (Lipinski definition) is 1. The molecular formula is C29H29N3O4S. The summed E-state index contributed by atoms with van der Waals surface area (Å²) in [6.45, 7) is 1.04. The first kappa shape index (κ1) is 25.9. The van der Waals surface area contributed by atoms with Gasteiger partial charge in [-0.2, -0.15) is 0 Å². The van der Waals surface area contributed by atoms with E-state index < -0.39 is 5.97 Å². The van der Waals surface area contributed by atoms with Gasteiger partial charge in [-0.05, 0) is 41.8 Å². The van der Waals surface area contributed by atoms with Gasteiger partial charge >= 0.3 is 5.97 Å². The minimum absolute atomic E-state index is 0.323. The SMILES string of the molecule is COc1ccccc1-c1csc(N(CCc2ccccc2)Cc2ccc(C(=O)N(C)CC(=O)O)cc2)n1. The second-order valence-electron chi connectivity index (χ2n) is 8.62. The molecule has 1 aromatic heterocycles. The second kappa shape index (κ2) is 12.2. The lowest BCUT2D eigenvalue weighted by molar-refractivity contribution is -0.137. The van der Waals surface area contributed by atoms with Crippen molar-refractivity contribution < 1.29 is 19.4 Å². The van der Waals surface area contributed by atoms with E-state index in [2.05, 4.69) is 17.0 Å². The van der Waals surface area contributed by atoms with Crippen LogP contribution in [0.25, 0.3) is 11.3 Å². The minimum Gasteiger partial charge on any atom is -0.496 e. The van der Waals surface area contributed by atoms with Gasteiger partial charge in [0.25, 0.3) is 5.91 Å². The fourth-order valence-corrected chi connectivity index (χ4v) is 4.86. The van der Waals surface area contributed by atoms with Crippen molar-refractivity contribution in [1.82, 2.24) is 9.88 Å². The molecule has 3 aromatic carbocycles.